The van der Waals surface area contributed by atoms with Gasteiger partial charge in [-0.15, -0.1) is 0 Å². The van der Waals surface area contributed by atoms with Crippen molar-refractivity contribution in [1.82, 2.24) is 0 Å². The first-order valence-corrected chi connectivity index (χ1v) is 6.40. The molecule has 0 aliphatic heterocycles. The molecule has 0 nitrogen and oxygen atoms in total. The summed E-state index contributed by atoms with van der Waals surface area (Å²) in [5.41, 5.74) is -24.9. The molecular formula is C6HF16P. The van der Waals surface area contributed by atoms with Gasteiger partial charge in [0.1, 0.15) is 0 Å². The maximum atomic E-state index is 13.3. The van der Waals surface area contributed by atoms with Gasteiger partial charge in [0.05, 0.1) is 0 Å². The van der Waals surface area contributed by atoms with Crippen molar-refractivity contribution < 1.29 is 70.1 Å². The van der Waals surface area contributed by atoms with Crippen LogP contribution in [0, 0.1) is 0 Å². The van der Waals surface area contributed by atoms with Crippen molar-refractivity contribution in [3.63, 3.8) is 0 Å². The monoisotopic (exact) mass is 408 g/mol. The van der Waals surface area contributed by atoms with Gasteiger partial charge in [-0.3, -0.25) is 0 Å². The Morgan fingerprint density at radius 3 is 0.565 bits per heavy atom. The molecule has 0 aliphatic rings. The van der Waals surface area contributed by atoms with E-state index in [1.54, 1.807) is 0 Å². The molecule has 0 saturated carbocycles. The van der Waals surface area contributed by atoms with Gasteiger partial charge in [0.25, 0.3) is 0 Å². The minimum atomic E-state index is -10.7. The first kappa shape index (κ1) is 22.3. The molecule has 0 rings (SSSR count). The second-order valence-electron chi connectivity index (χ2n) is 3.87. The van der Waals surface area contributed by atoms with E-state index in [4.69, 9.17) is 0 Å². The average Bonchev–Trinajstić information content (AvgIpc) is 2.22. The molecule has 142 valence electrons. The van der Waals surface area contributed by atoms with Crippen LogP contribution < -0.4 is 0 Å². The zero-order chi connectivity index (χ0) is 19.5. The SMILES string of the molecule is FC(F)(F)C(F)(F)[PH](F)(C(F)(F)C(F)(F)F)C(F)(F)C(F)(F)F. The maximum absolute atomic E-state index is 13.3. The van der Waals surface area contributed by atoms with E-state index in [-0.39, 0.29) is 0 Å². The number of rotatable bonds is 3. The summed E-state index contributed by atoms with van der Waals surface area (Å²) in [4.78, 5) is 0. The van der Waals surface area contributed by atoms with Crippen molar-refractivity contribution in [1.29, 1.82) is 0 Å². The molecule has 0 heterocycles. The molecule has 0 atom stereocenters. The molecule has 0 spiro atoms. The molecule has 0 fully saturated rings. The molecule has 0 aromatic carbocycles. The summed E-state index contributed by atoms with van der Waals surface area (Å²) in [5, 5.41) is 0. The fourth-order valence-corrected chi connectivity index (χ4v) is 3.53. The molecule has 0 amide bonds. The molecule has 0 radical (unpaired) electrons. The summed E-state index contributed by atoms with van der Waals surface area (Å²) in [6.45, 7) is 0. The van der Waals surface area contributed by atoms with Crippen molar-refractivity contribution in [2.75, 3.05) is 0 Å². The predicted molar refractivity (Wildman–Crippen MR) is 42.4 cm³/mol. The van der Waals surface area contributed by atoms with Gasteiger partial charge >= 0.3 is 113 Å². The van der Waals surface area contributed by atoms with E-state index in [0.717, 1.165) is 0 Å². The summed E-state index contributed by atoms with van der Waals surface area (Å²) in [6, 6.07) is 0. The van der Waals surface area contributed by atoms with Crippen molar-refractivity contribution in [3.8, 4) is 0 Å². The third-order valence-electron chi connectivity index (χ3n) is 2.37. The fourth-order valence-electron chi connectivity index (χ4n) is 1.18. The first-order valence-electron chi connectivity index (χ1n) is 4.52. The predicted octanol–water partition coefficient (Wildman–Crippen LogP) is 6.09. The van der Waals surface area contributed by atoms with E-state index in [0.29, 0.717) is 0 Å². The van der Waals surface area contributed by atoms with E-state index in [1.807, 2.05) is 0 Å². The Kier molecular flexibility index (Phi) is 5.00. The van der Waals surface area contributed by atoms with Gasteiger partial charge in [0.15, 0.2) is 0 Å². The molecule has 0 N–H and O–H groups in total. The van der Waals surface area contributed by atoms with Crippen LogP contribution in [-0.4, -0.2) is 35.5 Å². The Hall–Kier alpha value is -0.690. The summed E-state index contributed by atoms with van der Waals surface area (Å²) >= 11 is 0. The summed E-state index contributed by atoms with van der Waals surface area (Å²) in [7, 11) is -10.7. The molecule has 17 heteroatoms. The molecule has 23 heavy (non-hydrogen) atoms. The standard InChI is InChI=1S/C6HF16P/c7-1(8,9)4(16,17)23(22,5(18,19)2(10,11)12)6(20,21)3(13,14)15/h23H. The van der Waals surface area contributed by atoms with Crippen LogP contribution in [0.25, 0.3) is 0 Å². The number of hydrogen-bond acceptors (Lipinski definition) is 0. The molecular weight excluding hydrogens is 407 g/mol. The van der Waals surface area contributed by atoms with Crippen molar-refractivity contribution in [3.05, 3.63) is 0 Å². The Labute approximate surface area is 114 Å². The zero-order valence-corrected chi connectivity index (χ0v) is 10.5. The van der Waals surface area contributed by atoms with Gasteiger partial charge in [0, 0.05) is 0 Å². The summed E-state index contributed by atoms with van der Waals surface area (Å²) < 4.78 is 195. The number of alkyl halides is 15. The third-order valence-corrected chi connectivity index (χ3v) is 5.81. The zero-order valence-electron chi connectivity index (χ0n) is 9.55. The molecule has 0 aromatic rings. The van der Waals surface area contributed by atoms with Crippen LogP contribution in [0.1, 0.15) is 0 Å². The van der Waals surface area contributed by atoms with Gasteiger partial charge in [-0.25, -0.2) is 0 Å². The van der Waals surface area contributed by atoms with Crippen LogP contribution in [0.15, 0.2) is 0 Å². The van der Waals surface area contributed by atoms with E-state index in [2.05, 4.69) is 0 Å². The van der Waals surface area contributed by atoms with E-state index < -0.39 is 43.1 Å². The molecule has 0 bridgehead atoms. The van der Waals surface area contributed by atoms with Crippen molar-refractivity contribution >= 4 is 7.57 Å². The van der Waals surface area contributed by atoms with Crippen LogP contribution in [0.3, 0.4) is 0 Å². The fraction of sp³-hybridized carbons (Fsp3) is 1.00. The third kappa shape index (κ3) is 2.80. The second-order valence-corrected chi connectivity index (χ2v) is 7.08. The van der Waals surface area contributed by atoms with Gasteiger partial charge < -0.3 is 0 Å². The van der Waals surface area contributed by atoms with E-state index in [9.17, 15) is 70.1 Å². The topological polar surface area (TPSA) is 0 Å². The van der Waals surface area contributed by atoms with Crippen LogP contribution in [0.4, 0.5) is 70.1 Å². The van der Waals surface area contributed by atoms with E-state index >= 15 is 0 Å². The normalized spacial score (nSPS) is 17.4. The van der Waals surface area contributed by atoms with Gasteiger partial charge in [-0.2, -0.15) is 0 Å². The average molecular weight is 408 g/mol. The Morgan fingerprint density at radius 1 is 0.348 bits per heavy atom. The second kappa shape index (κ2) is 5.15. The van der Waals surface area contributed by atoms with Crippen molar-refractivity contribution in [2.45, 2.75) is 35.5 Å². The quantitative estimate of drug-likeness (QED) is 0.392. The summed E-state index contributed by atoms with van der Waals surface area (Å²) in [6.07, 6.45) is -23.6. The van der Waals surface area contributed by atoms with Crippen LogP contribution in [0.5, 0.6) is 0 Å². The Morgan fingerprint density at radius 2 is 0.478 bits per heavy atom. The molecule has 0 aliphatic carbocycles. The van der Waals surface area contributed by atoms with Crippen LogP contribution >= 0.6 is 7.57 Å². The minimum absolute atomic E-state index is 7.88. The van der Waals surface area contributed by atoms with E-state index in [1.165, 1.54) is 0 Å². The Bertz CT molecular complexity index is 370. The van der Waals surface area contributed by atoms with Crippen LogP contribution in [-0.2, 0) is 0 Å². The van der Waals surface area contributed by atoms with Crippen molar-refractivity contribution in [2.24, 2.45) is 0 Å². The van der Waals surface area contributed by atoms with Gasteiger partial charge in [-0.05, 0) is 0 Å². The number of halogens is 16. The first-order chi connectivity index (χ1) is 9.50. The van der Waals surface area contributed by atoms with Gasteiger partial charge in [-0.1, -0.05) is 0 Å². The summed E-state index contributed by atoms with van der Waals surface area (Å²) in [5.74, 6) is 0. The molecule has 0 aromatic heterocycles. The van der Waals surface area contributed by atoms with Crippen LogP contribution in [0.2, 0.25) is 0 Å². The van der Waals surface area contributed by atoms with Gasteiger partial charge in [0.2, 0.25) is 0 Å². The molecule has 0 saturated heterocycles. The molecule has 0 unspecified atom stereocenters. The number of hydrogen-bond donors (Lipinski definition) is 0. The Balaban J connectivity index is 6.97.